The quantitative estimate of drug-likeness (QED) is 0.1000. The van der Waals surface area contributed by atoms with Gasteiger partial charge < -0.3 is 9.47 Å². The lowest BCUT2D eigenvalue weighted by Gasteiger charge is -2.27. The fourth-order valence-corrected chi connectivity index (χ4v) is 4.17. The second kappa shape index (κ2) is 23.3. The summed E-state index contributed by atoms with van der Waals surface area (Å²) >= 11 is 0. The van der Waals surface area contributed by atoms with E-state index in [9.17, 15) is 9.59 Å². The summed E-state index contributed by atoms with van der Waals surface area (Å²) in [5.41, 5.74) is 0. The third-order valence-corrected chi connectivity index (χ3v) is 6.80. The van der Waals surface area contributed by atoms with Crippen LogP contribution in [0, 0.1) is 11.8 Å². The van der Waals surface area contributed by atoms with Gasteiger partial charge in [-0.1, -0.05) is 98.8 Å². The highest BCUT2D eigenvalue weighted by atomic mass is 16.5. The first-order chi connectivity index (χ1) is 16.8. The van der Waals surface area contributed by atoms with E-state index in [4.69, 9.17) is 9.47 Å². The summed E-state index contributed by atoms with van der Waals surface area (Å²) < 4.78 is 10.9. The summed E-state index contributed by atoms with van der Waals surface area (Å²) in [7, 11) is 0. The van der Waals surface area contributed by atoms with Crippen LogP contribution in [-0.4, -0.2) is 49.2 Å². The molecule has 0 fully saturated rings. The third kappa shape index (κ3) is 23.1. The molecule has 0 aromatic carbocycles. The molecule has 0 saturated heterocycles. The van der Waals surface area contributed by atoms with Crippen molar-refractivity contribution in [3.8, 4) is 0 Å². The van der Waals surface area contributed by atoms with Crippen molar-refractivity contribution in [2.75, 3.05) is 26.3 Å². The van der Waals surface area contributed by atoms with E-state index in [0.29, 0.717) is 45.2 Å². The molecule has 0 aliphatic heterocycles. The van der Waals surface area contributed by atoms with Gasteiger partial charge in [0.05, 0.1) is 26.1 Å². The zero-order valence-electron chi connectivity index (χ0n) is 24.2. The van der Waals surface area contributed by atoms with Crippen molar-refractivity contribution in [3.63, 3.8) is 0 Å². The first-order valence-electron chi connectivity index (χ1n) is 14.8. The molecule has 5 nitrogen and oxygen atoms in total. The molecule has 0 heterocycles. The van der Waals surface area contributed by atoms with Gasteiger partial charge in [-0.05, 0) is 38.0 Å². The Labute approximate surface area is 218 Å². The van der Waals surface area contributed by atoms with Crippen LogP contribution in [0.5, 0.6) is 0 Å². The predicted molar refractivity (Wildman–Crippen MR) is 148 cm³/mol. The van der Waals surface area contributed by atoms with Gasteiger partial charge in [0, 0.05) is 19.1 Å². The molecule has 0 N–H and O–H groups in total. The van der Waals surface area contributed by atoms with E-state index in [-0.39, 0.29) is 11.9 Å². The molecule has 0 rings (SSSR count). The SMILES string of the molecule is CCC(C)N(CCC(=O)OCCCCCCCC(C)C)CCC(=O)OCCCCCCCC(C)C. The van der Waals surface area contributed by atoms with Crippen LogP contribution >= 0.6 is 0 Å². The van der Waals surface area contributed by atoms with Crippen LogP contribution in [0.25, 0.3) is 0 Å². The van der Waals surface area contributed by atoms with Gasteiger partial charge in [-0.25, -0.2) is 0 Å². The standard InChI is InChI=1S/C30H59NO4/c1-7-28(6)31(22-20-29(32)34-24-16-12-8-10-14-18-26(2)3)23-21-30(33)35-25-17-13-9-11-15-19-27(4)5/h26-28H,7-25H2,1-6H3. The number of unbranched alkanes of at least 4 members (excludes halogenated alkanes) is 8. The van der Waals surface area contributed by atoms with Crippen LogP contribution < -0.4 is 0 Å². The van der Waals surface area contributed by atoms with Crippen LogP contribution in [0.4, 0.5) is 0 Å². The number of esters is 2. The molecule has 0 radical (unpaired) electrons. The second-order valence-electron chi connectivity index (χ2n) is 11.1. The Kier molecular flexibility index (Phi) is 22.6. The monoisotopic (exact) mass is 497 g/mol. The Bertz CT molecular complexity index is 467. The summed E-state index contributed by atoms with van der Waals surface area (Å²) in [5, 5.41) is 0. The summed E-state index contributed by atoms with van der Waals surface area (Å²) in [6, 6.07) is 0.326. The maximum absolute atomic E-state index is 12.2. The highest BCUT2D eigenvalue weighted by Gasteiger charge is 2.16. The van der Waals surface area contributed by atoms with E-state index in [1.807, 2.05) is 0 Å². The molecule has 0 amide bonds. The lowest BCUT2D eigenvalue weighted by atomic mass is 10.0. The average Bonchev–Trinajstić information content (AvgIpc) is 2.81. The van der Waals surface area contributed by atoms with Crippen molar-refractivity contribution in [1.82, 2.24) is 4.90 Å². The highest BCUT2D eigenvalue weighted by Crippen LogP contribution is 2.12. The largest absolute Gasteiger partial charge is 0.466 e. The molecule has 1 unspecified atom stereocenters. The average molecular weight is 498 g/mol. The molecule has 208 valence electrons. The van der Waals surface area contributed by atoms with Crippen molar-refractivity contribution in [1.29, 1.82) is 0 Å². The van der Waals surface area contributed by atoms with Crippen LogP contribution in [0.15, 0.2) is 0 Å². The van der Waals surface area contributed by atoms with Gasteiger partial charge in [0.1, 0.15) is 0 Å². The third-order valence-electron chi connectivity index (χ3n) is 6.80. The van der Waals surface area contributed by atoms with Gasteiger partial charge in [0.15, 0.2) is 0 Å². The molecular weight excluding hydrogens is 438 g/mol. The van der Waals surface area contributed by atoms with Crippen molar-refractivity contribution < 1.29 is 19.1 Å². The van der Waals surface area contributed by atoms with Gasteiger partial charge in [-0.2, -0.15) is 0 Å². The van der Waals surface area contributed by atoms with Crippen LogP contribution in [-0.2, 0) is 19.1 Å². The molecule has 0 spiro atoms. The van der Waals surface area contributed by atoms with Crippen molar-refractivity contribution >= 4 is 11.9 Å². The fourth-order valence-electron chi connectivity index (χ4n) is 4.17. The predicted octanol–water partition coefficient (Wildman–Crippen LogP) is 7.95. The number of hydrogen-bond acceptors (Lipinski definition) is 5. The summed E-state index contributed by atoms with van der Waals surface area (Å²) in [6.45, 7) is 15.7. The van der Waals surface area contributed by atoms with Gasteiger partial charge >= 0.3 is 11.9 Å². The molecule has 0 aromatic heterocycles. The zero-order chi connectivity index (χ0) is 26.3. The number of rotatable bonds is 24. The molecule has 0 bridgehead atoms. The Morgan fingerprint density at radius 1 is 0.600 bits per heavy atom. The number of carbonyl (C=O) groups excluding carboxylic acids is 2. The zero-order valence-corrected chi connectivity index (χ0v) is 24.2. The highest BCUT2D eigenvalue weighted by molar-refractivity contribution is 5.70. The maximum Gasteiger partial charge on any atom is 0.307 e. The fraction of sp³-hybridized carbons (Fsp3) is 0.933. The Morgan fingerprint density at radius 2 is 0.971 bits per heavy atom. The van der Waals surface area contributed by atoms with Crippen molar-refractivity contribution in [3.05, 3.63) is 0 Å². The molecule has 0 aliphatic carbocycles. The Morgan fingerprint density at radius 3 is 1.34 bits per heavy atom. The minimum absolute atomic E-state index is 0.130. The molecule has 35 heavy (non-hydrogen) atoms. The van der Waals surface area contributed by atoms with E-state index in [1.54, 1.807) is 0 Å². The van der Waals surface area contributed by atoms with E-state index in [2.05, 4.69) is 46.4 Å². The first-order valence-corrected chi connectivity index (χ1v) is 14.8. The molecule has 0 aromatic rings. The van der Waals surface area contributed by atoms with Crippen molar-refractivity contribution in [2.24, 2.45) is 11.8 Å². The van der Waals surface area contributed by atoms with E-state index in [0.717, 1.165) is 43.9 Å². The number of carbonyl (C=O) groups is 2. The van der Waals surface area contributed by atoms with Crippen LogP contribution in [0.3, 0.4) is 0 Å². The smallest absolute Gasteiger partial charge is 0.307 e. The normalized spacial score (nSPS) is 12.5. The Balaban J connectivity index is 3.90. The lowest BCUT2D eigenvalue weighted by Crippen LogP contribution is -2.36. The van der Waals surface area contributed by atoms with Gasteiger partial charge in [-0.15, -0.1) is 0 Å². The van der Waals surface area contributed by atoms with E-state index < -0.39 is 0 Å². The topological polar surface area (TPSA) is 55.8 Å². The summed E-state index contributed by atoms with van der Waals surface area (Å²) in [4.78, 5) is 26.6. The Hall–Kier alpha value is -1.10. The molecule has 5 heteroatoms. The maximum atomic E-state index is 12.2. The molecular formula is C30H59NO4. The van der Waals surface area contributed by atoms with Crippen LogP contribution in [0.1, 0.15) is 138 Å². The number of hydrogen-bond donors (Lipinski definition) is 0. The summed E-state index contributed by atoms with van der Waals surface area (Å²) in [6.07, 6.45) is 16.1. The van der Waals surface area contributed by atoms with E-state index in [1.165, 1.54) is 51.4 Å². The van der Waals surface area contributed by atoms with Crippen LogP contribution in [0.2, 0.25) is 0 Å². The van der Waals surface area contributed by atoms with E-state index >= 15 is 0 Å². The molecule has 0 saturated carbocycles. The molecule has 0 aliphatic rings. The minimum atomic E-state index is -0.130. The number of ether oxygens (including phenoxy) is 2. The first kappa shape index (κ1) is 33.9. The van der Waals surface area contributed by atoms with Gasteiger partial charge in [0.2, 0.25) is 0 Å². The number of nitrogens with zero attached hydrogens (tertiary/aromatic N) is 1. The summed E-state index contributed by atoms with van der Waals surface area (Å²) in [5.74, 6) is 1.31. The van der Waals surface area contributed by atoms with Crippen molar-refractivity contribution in [2.45, 2.75) is 144 Å². The minimum Gasteiger partial charge on any atom is -0.466 e. The van der Waals surface area contributed by atoms with Gasteiger partial charge in [0.25, 0.3) is 0 Å². The lowest BCUT2D eigenvalue weighted by molar-refractivity contribution is -0.144. The molecule has 1 atom stereocenters. The van der Waals surface area contributed by atoms with Gasteiger partial charge in [-0.3, -0.25) is 14.5 Å². The second-order valence-corrected chi connectivity index (χ2v) is 11.1.